The molecule has 3 heterocycles. The zero-order valence-electron chi connectivity index (χ0n) is 48.0. The van der Waals surface area contributed by atoms with Crippen LogP contribution in [-0.2, 0) is 33.2 Å². The summed E-state index contributed by atoms with van der Waals surface area (Å²) in [6, 6.07) is -0.898. The van der Waals surface area contributed by atoms with E-state index in [-0.39, 0.29) is 18.9 Å². The molecule has 0 bridgehead atoms. The molecule has 3 fully saturated rings. The Balaban J connectivity index is 1.45. The molecule has 0 saturated carbocycles. The third-order valence-corrected chi connectivity index (χ3v) is 14.8. The Morgan fingerprint density at radius 2 is 0.863 bits per heavy atom. The summed E-state index contributed by atoms with van der Waals surface area (Å²) < 4.78 is 34.2. The number of amides is 1. The summed E-state index contributed by atoms with van der Waals surface area (Å²) >= 11 is 0. The number of aliphatic hydroxyl groups is 11. The van der Waals surface area contributed by atoms with Crippen molar-refractivity contribution >= 4 is 5.91 Å². The lowest BCUT2D eigenvalue weighted by Gasteiger charge is -2.48. The lowest BCUT2D eigenvalue weighted by atomic mass is 9.96. The van der Waals surface area contributed by atoms with Gasteiger partial charge in [-0.15, -0.1) is 0 Å². The van der Waals surface area contributed by atoms with Gasteiger partial charge in [0.25, 0.3) is 0 Å². The molecule has 0 radical (unpaired) electrons. The van der Waals surface area contributed by atoms with Crippen LogP contribution in [0.1, 0.15) is 174 Å². The van der Waals surface area contributed by atoms with Crippen molar-refractivity contribution in [2.24, 2.45) is 0 Å². The predicted molar refractivity (Wildman–Crippen MR) is 305 cm³/mol. The molecule has 3 saturated heterocycles. The summed E-state index contributed by atoms with van der Waals surface area (Å²) in [4.78, 5) is 13.3. The van der Waals surface area contributed by atoms with Crippen molar-refractivity contribution in [2.45, 2.75) is 279 Å². The standard InChI is InChI=1S/C61H105NO18/c1-3-5-7-9-11-13-15-16-17-18-19-20-21-22-23-24-25-26-27-28-29-31-33-35-37-39-49(67)62-44(45(66)38-36-34-32-30-14-12-10-8-6-4-2)43-75-59-55(73)52(70)57(47(41-64)77-59)80-61-56(74)53(71)58(48(42-65)78-61)79-60-54(72)51(69)50(68)46(40-63)76-60/h5,7,11,13,16-17,19-20,22-23,25-26,44-48,50-61,63-66,68-74H,3-4,6,8-10,12,14-15,18,21,24,27-43H2,1-2H3,(H,62,67)/b7-5-,13-11-,17-16-,20-19-,23-22-,26-25-. The van der Waals surface area contributed by atoms with E-state index in [9.17, 15) is 61.0 Å². The Bertz CT molecular complexity index is 1740. The second-order valence-corrected chi connectivity index (χ2v) is 21.4. The Labute approximate surface area is 477 Å². The van der Waals surface area contributed by atoms with Gasteiger partial charge in [0.05, 0.1) is 38.6 Å². The lowest BCUT2D eigenvalue weighted by molar-refractivity contribution is -0.379. The first-order valence-corrected chi connectivity index (χ1v) is 30.2. The van der Waals surface area contributed by atoms with E-state index >= 15 is 0 Å². The van der Waals surface area contributed by atoms with E-state index in [1.807, 2.05) is 0 Å². The molecule has 0 aliphatic carbocycles. The zero-order chi connectivity index (χ0) is 58.3. The molecule has 462 valence electrons. The Hall–Kier alpha value is -2.77. The number of aliphatic hydroxyl groups excluding tert-OH is 11. The fourth-order valence-electron chi connectivity index (χ4n) is 9.84. The SMILES string of the molecule is CC/C=C\C/C=C\C/C=C\C/C=C\C/C=C\C/C=C\CCCCCCCCC(=O)NC(COC1OC(CO)C(OC2OC(CO)C(OC3OC(CO)C(O)C(O)C3O)C(O)C2O)C(O)C1O)C(O)CCCCCCCCCCCC. The first kappa shape index (κ1) is 71.5. The second kappa shape index (κ2) is 43.8. The third kappa shape index (κ3) is 27.3. The number of hydrogen-bond donors (Lipinski definition) is 12. The Morgan fingerprint density at radius 3 is 1.35 bits per heavy atom. The van der Waals surface area contributed by atoms with Crippen molar-refractivity contribution in [3.05, 3.63) is 72.9 Å². The number of ether oxygens (including phenoxy) is 6. The minimum absolute atomic E-state index is 0.244. The van der Waals surface area contributed by atoms with E-state index in [1.165, 1.54) is 38.5 Å². The summed E-state index contributed by atoms with van der Waals surface area (Å²) in [7, 11) is 0. The molecular formula is C61H105NO18. The topological polar surface area (TPSA) is 307 Å². The first-order valence-electron chi connectivity index (χ1n) is 30.2. The van der Waals surface area contributed by atoms with E-state index in [1.54, 1.807) is 0 Å². The molecule has 19 heteroatoms. The van der Waals surface area contributed by atoms with E-state index in [2.05, 4.69) is 92.1 Å². The molecule has 17 atom stereocenters. The van der Waals surface area contributed by atoms with Gasteiger partial charge in [0.15, 0.2) is 18.9 Å². The summed E-state index contributed by atoms with van der Waals surface area (Å²) in [5.74, 6) is -0.263. The number of allylic oxidation sites excluding steroid dienone is 12. The molecule has 3 aliphatic heterocycles. The summed E-state index contributed by atoms with van der Waals surface area (Å²) in [5, 5.41) is 120. The van der Waals surface area contributed by atoms with Crippen molar-refractivity contribution in [1.29, 1.82) is 0 Å². The fraction of sp³-hybridized carbons (Fsp3) is 0.787. The molecule has 0 spiro atoms. The van der Waals surface area contributed by atoms with Gasteiger partial charge in [0.1, 0.15) is 73.2 Å². The molecule has 0 aromatic heterocycles. The van der Waals surface area contributed by atoms with Crippen LogP contribution in [0.25, 0.3) is 0 Å². The van der Waals surface area contributed by atoms with Crippen LogP contribution in [-0.4, -0.2) is 193 Å². The smallest absolute Gasteiger partial charge is 0.220 e. The second-order valence-electron chi connectivity index (χ2n) is 21.4. The van der Waals surface area contributed by atoms with Crippen LogP contribution in [0.4, 0.5) is 0 Å². The minimum atomic E-state index is -1.98. The van der Waals surface area contributed by atoms with E-state index in [4.69, 9.17) is 28.4 Å². The highest BCUT2D eigenvalue weighted by molar-refractivity contribution is 5.76. The van der Waals surface area contributed by atoms with Gasteiger partial charge in [0, 0.05) is 6.42 Å². The van der Waals surface area contributed by atoms with Gasteiger partial charge in [-0.3, -0.25) is 4.79 Å². The number of unbranched alkanes of at least 4 members (excludes halogenated alkanes) is 15. The molecule has 1 amide bonds. The van der Waals surface area contributed by atoms with Crippen LogP contribution in [0.2, 0.25) is 0 Å². The molecule has 19 nitrogen and oxygen atoms in total. The van der Waals surface area contributed by atoms with Gasteiger partial charge in [-0.2, -0.15) is 0 Å². The number of hydrogen-bond acceptors (Lipinski definition) is 18. The average Bonchev–Trinajstić information content (AvgIpc) is 3.47. The van der Waals surface area contributed by atoms with Crippen molar-refractivity contribution < 1.29 is 89.4 Å². The van der Waals surface area contributed by atoms with Crippen LogP contribution in [0.15, 0.2) is 72.9 Å². The van der Waals surface area contributed by atoms with Gasteiger partial charge < -0.3 is 89.9 Å². The van der Waals surface area contributed by atoms with Crippen molar-refractivity contribution in [3.63, 3.8) is 0 Å². The van der Waals surface area contributed by atoms with E-state index in [0.29, 0.717) is 12.8 Å². The van der Waals surface area contributed by atoms with E-state index < -0.39 is 124 Å². The van der Waals surface area contributed by atoms with Crippen LogP contribution < -0.4 is 5.32 Å². The van der Waals surface area contributed by atoms with Crippen LogP contribution in [0.5, 0.6) is 0 Å². The number of nitrogens with one attached hydrogen (secondary N) is 1. The van der Waals surface area contributed by atoms with Crippen LogP contribution >= 0.6 is 0 Å². The Morgan fingerprint density at radius 1 is 0.463 bits per heavy atom. The Kier molecular flexibility index (Phi) is 39.2. The molecule has 3 aliphatic rings. The minimum Gasteiger partial charge on any atom is -0.394 e. The summed E-state index contributed by atoms with van der Waals surface area (Å²) in [5.41, 5.74) is 0. The largest absolute Gasteiger partial charge is 0.394 e. The highest BCUT2D eigenvalue weighted by Crippen LogP contribution is 2.33. The van der Waals surface area contributed by atoms with Gasteiger partial charge in [0.2, 0.25) is 5.91 Å². The maximum Gasteiger partial charge on any atom is 0.220 e. The molecule has 17 unspecified atom stereocenters. The monoisotopic (exact) mass is 1140 g/mol. The molecule has 3 rings (SSSR count). The molecule has 80 heavy (non-hydrogen) atoms. The van der Waals surface area contributed by atoms with Crippen molar-refractivity contribution in [2.75, 3.05) is 26.4 Å². The maximum atomic E-state index is 13.3. The quantitative estimate of drug-likeness (QED) is 0.0268. The highest BCUT2D eigenvalue weighted by atomic mass is 16.8. The number of carbonyl (C=O) groups excluding carboxylic acids is 1. The number of rotatable bonds is 43. The van der Waals surface area contributed by atoms with E-state index in [0.717, 1.165) is 103 Å². The van der Waals surface area contributed by atoms with Gasteiger partial charge >= 0.3 is 0 Å². The van der Waals surface area contributed by atoms with Gasteiger partial charge in [-0.25, -0.2) is 0 Å². The average molecular weight is 1140 g/mol. The van der Waals surface area contributed by atoms with Crippen molar-refractivity contribution in [3.8, 4) is 0 Å². The highest BCUT2D eigenvalue weighted by Gasteiger charge is 2.53. The van der Waals surface area contributed by atoms with Crippen LogP contribution in [0.3, 0.4) is 0 Å². The molecule has 0 aromatic rings. The summed E-state index contributed by atoms with van der Waals surface area (Å²) in [6.07, 6.45) is 24.2. The third-order valence-electron chi connectivity index (χ3n) is 14.8. The summed E-state index contributed by atoms with van der Waals surface area (Å²) in [6.45, 7) is 1.61. The maximum absolute atomic E-state index is 13.3. The fourth-order valence-corrected chi connectivity index (χ4v) is 9.84. The molecule has 12 N–H and O–H groups in total. The number of carbonyl (C=O) groups is 1. The molecular weight excluding hydrogens is 1030 g/mol. The first-order chi connectivity index (χ1) is 38.8. The van der Waals surface area contributed by atoms with Crippen LogP contribution in [0, 0.1) is 0 Å². The molecule has 0 aromatic carbocycles. The van der Waals surface area contributed by atoms with Crippen molar-refractivity contribution in [1.82, 2.24) is 5.32 Å². The van der Waals surface area contributed by atoms with Gasteiger partial charge in [-0.1, -0.05) is 177 Å². The predicted octanol–water partition coefficient (Wildman–Crippen LogP) is 5.43. The lowest BCUT2D eigenvalue weighted by Crippen LogP contribution is -2.66. The zero-order valence-corrected chi connectivity index (χ0v) is 48.0. The van der Waals surface area contributed by atoms with Gasteiger partial charge in [-0.05, 0) is 64.2 Å². The normalized spacial score (nSPS) is 30.5.